The smallest absolute Gasteiger partial charge is 0.385 e. The van der Waals surface area contributed by atoms with Crippen molar-refractivity contribution in [2.75, 3.05) is 29.9 Å². The Hall–Kier alpha value is -2.55. The minimum Gasteiger partial charge on any atom is -0.385 e. The maximum Gasteiger partial charge on any atom is 0.418 e. The van der Waals surface area contributed by atoms with Crippen molar-refractivity contribution in [1.29, 1.82) is 0 Å². The van der Waals surface area contributed by atoms with Crippen LogP contribution in [0.25, 0.3) is 0 Å². The molecular weight excluding hydrogens is 397 g/mol. The minimum absolute atomic E-state index is 0.102. The highest BCUT2D eigenvalue weighted by molar-refractivity contribution is 6.24. The Bertz CT molecular complexity index is 883. The lowest BCUT2D eigenvalue weighted by atomic mass is 9.83. The summed E-state index contributed by atoms with van der Waals surface area (Å²) in [6, 6.07) is 4.01. The minimum atomic E-state index is -4.63. The monoisotopic (exact) mass is 422 g/mol. The number of amides is 1. The van der Waals surface area contributed by atoms with Crippen molar-refractivity contribution >= 4 is 23.1 Å². The first-order valence-electron chi connectivity index (χ1n) is 10.3. The van der Waals surface area contributed by atoms with Crippen molar-refractivity contribution in [3.8, 4) is 0 Å². The summed E-state index contributed by atoms with van der Waals surface area (Å²) in [5.41, 5.74) is -0.908. The summed E-state index contributed by atoms with van der Waals surface area (Å²) in [5.74, 6) is -1.50. The molecule has 0 aliphatic carbocycles. The molecule has 4 rings (SSSR count). The molecule has 30 heavy (non-hydrogen) atoms. The third-order valence-electron chi connectivity index (χ3n) is 6.21. The van der Waals surface area contributed by atoms with Gasteiger partial charge in [0.1, 0.15) is 0 Å². The Morgan fingerprint density at radius 2 is 2.07 bits per heavy atom. The zero-order valence-corrected chi connectivity index (χ0v) is 16.7. The SMILES string of the molecule is C[C@H]1CCCN1c1ccc(NC(=O)C2=CNC3CNCCC3C2=O)c(C(F)(F)F)c1. The first-order valence-corrected chi connectivity index (χ1v) is 10.3. The molecule has 3 N–H and O–H groups in total. The number of benzene rings is 1. The van der Waals surface area contributed by atoms with E-state index in [0.717, 1.165) is 18.9 Å². The van der Waals surface area contributed by atoms with Gasteiger partial charge in [0.2, 0.25) is 0 Å². The van der Waals surface area contributed by atoms with E-state index in [1.165, 1.54) is 12.3 Å². The topological polar surface area (TPSA) is 73.5 Å². The summed E-state index contributed by atoms with van der Waals surface area (Å²) in [6.07, 6.45) is -0.870. The molecule has 6 nitrogen and oxygen atoms in total. The number of fused-ring (bicyclic) bond motifs is 1. The molecule has 3 aliphatic heterocycles. The van der Waals surface area contributed by atoms with Crippen LogP contribution in [0.3, 0.4) is 0 Å². The number of anilines is 2. The van der Waals surface area contributed by atoms with Crippen molar-refractivity contribution in [3.63, 3.8) is 0 Å². The van der Waals surface area contributed by atoms with E-state index in [2.05, 4.69) is 16.0 Å². The summed E-state index contributed by atoms with van der Waals surface area (Å²) < 4.78 is 41.2. The Morgan fingerprint density at radius 3 is 2.77 bits per heavy atom. The maximum atomic E-state index is 13.7. The van der Waals surface area contributed by atoms with Crippen molar-refractivity contribution in [2.24, 2.45) is 5.92 Å². The Kier molecular flexibility index (Phi) is 5.48. The van der Waals surface area contributed by atoms with Crippen LogP contribution in [0.2, 0.25) is 0 Å². The van der Waals surface area contributed by atoms with Gasteiger partial charge in [-0.05, 0) is 50.9 Å². The van der Waals surface area contributed by atoms with Crippen LogP contribution in [-0.2, 0) is 15.8 Å². The molecule has 1 aromatic rings. The number of nitrogens with one attached hydrogen (secondary N) is 3. The number of Topliss-reactive ketones (excluding diaryl/α,β-unsaturated/α-hetero) is 1. The highest BCUT2D eigenvalue weighted by Crippen LogP contribution is 2.39. The van der Waals surface area contributed by atoms with E-state index in [1.54, 1.807) is 6.07 Å². The van der Waals surface area contributed by atoms with Crippen LogP contribution in [0.4, 0.5) is 24.5 Å². The molecule has 3 aliphatic rings. The molecule has 1 aromatic carbocycles. The number of carbonyl (C=O) groups is 2. The van der Waals surface area contributed by atoms with Crippen molar-refractivity contribution in [2.45, 2.75) is 44.4 Å². The first-order chi connectivity index (χ1) is 14.3. The summed E-state index contributed by atoms with van der Waals surface area (Å²) in [5, 5.41) is 8.52. The van der Waals surface area contributed by atoms with Crippen molar-refractivity contribution in [3.05, 3.63) is 35.5 Å². The van der Waals surface area contributed by atoms with Crippen molar-refractivity contribution in [1.82, 2.24) is 10.6 Å². The lowest BCUT2D eigenvalue weighted by molar-refractivity contribution is -0.136. The van der Waals surface area contributed by atoms with Gasteiger partial charge in [-0.25, -0.2) is 0 Å². The average molecular weight is 422 g/mol. The normalized spacial score (nSPS) is 26.7. The van der Waals surface area contributed by atoms with E-state index >= 15 is 0 Å². The number of rotatable bonds is 3. The largest absolute Gasteiger partial charge is 0.418 e. The number of hydrogen-bond acceptors (Lipinski definition) is 5. The third-order valence-corrected chi connectivity index (χ3v) is 6.21. The van der Waals surface area contributed by atoms with Gasteiger partial charge in [0.05, 0.1) is 16.8 Å². The van der Waals surface area contributed by atoms with E-state index in [1.807, 2.05) is 11.8 Å². The quantitative estimate of drug-likeness (QED) is 0.654. The molecular formula is C21H25F3N4O2. The Balaban J connectivity index is 1.58. The number of alkyl halides is 3. The molecule has 2 saturated heterocycles. The molecule has 0 spiro atoms. The maximum absolute atomic E-state index is 13.7. The van der Waals surface area contributed by atoms with E-state index in [9.17, 15) is 22.8 Å². The standard InChI is InChI=1S/C21H25F3N4O2/c1-12-3-2-8-28(12)13-4-5-17(16(9-13)21(22,23)24)27-20(30)15-10-26-18-11-25-7-6-14(18)19(15)29/h4-5,9-10,12,14,18,25-26H,2-3,6-8,11H2,1H3,(H,27,30)/t12-,14?,18?/m0/s1. The van der Waals surface area contributed by atoms with Gasteiger partial charge in [-0.2, -0.15) is 13.2 Å². The summed E-state index contributed by atoms with van der Waals surface area (Å²) >= 11 is 0. The Morgan fingerprint density at radius 1 is 1.27 bits per heavy atom. The van der Waals surface area contributed by atoms with Gasteiger partial charge in [0.15, 0.2) is 5.78 Å². The molecule has 0 radical (unpaired) electrons. The molecule has 3 heterocycles. The number of carbonyl (C=O) groups excluding carboxylic acids is 2. The predicted octanol–water partition coefficient (Wildman–Crippen LogP) is 2.67. The van der Waals surface area contributed by atoms with Gasteiger partial charge in [0.25, 0.3) is 5.91 Å². The van der Waals surface area contributed by atoms with Crippen LogP contribution >= 0.6 is 0 Å². The first kappa shape index (κ1) is 20.7. The molecule has 2 fully saturated rings. The summed E-state index contributed by atoms with van der Waals surface area (Å²) in [6.45, 7) is 3.96. The molecule has 3 atom stereocenters. The molecule has 2 unspecified atom stereocenters. The van der Waals surface area contributed by atoms with Crippen LogP contribution in [0.5, 0.6) is 0 Å². The number of hydrogen-bond donors (Lipinski definition) is 3. The number of halogens is 3. The highest BCUT2D eigenvalue weighted by atomic mass is 19.4. The number of nitrogens with zero attached hydrogens (tertiary/aromatic N) is 1. The van der Waals surface area contributed by atoms with Gasteiger partial charge >= 0.3 is 6.18 Å². The molecule has 0 saturated carbocycles. The van der Waals surface area contributed by atoms with Gasteiger partial charge in [0, 0.05) is 43.0 Å². The lowest BCUT2D eigenvalue weighted by Crippen LogP contribution is -2.53. The van der Waals surface area contributed by atoms with E-state index in [-0.39, 0.29) is 35.0 Å². The fourth-order valence-electron chi connectivity index (χ4n) is 4.55. The second-order valence-electron chi connectivity index (χ2n) is 8.16. The molecule has 1 amide bonds. The van der Waals surface area contributed by atoms with E-state index in [4.69, 9.17) is 0 Å². The average Bonchev–Trinajstić information content (AvgIpc) is 3.14. The van der Waals surface area contributed by atoms with Crippen LogP contribution in [0.15, 0.2) is 30.0 Å². The van der Waals surface area contributed by atoms with Crippen LogP contribution < -0.4 is 20.9 Å². The van der Waals surface area contributed by atoms with Crippen LogP contribution in [0.1, 0.15) is 31.7 Å². The van der Waals surface area contributed by atoms with Gasteiger partial charge in [-0.1, -0.05) is 0 Å². The molecule has 0 bridgehead atoms. The van der Waals surface area contributed by atoms with Gasteiger partial charge in [-0.3, -0.25) is 9.59 Å². The predicted molar refractivity (Wildman–Crippen MR) is 107 cm³/mol. The fraction of sp³-hybridized carbons (Fsp3) is 0.524. The summed E-state index contributed by atoms with van der Waals surface area (Å²) in [4.78, 5) is 27.3. The van der Waals surface area contributed by atoms with Crippen molar-refractivity contribution < 1.29 is 22.8 Å². The van der Waals surface area contributed by atoms with E-state index < -0.39 is 17.6 Å². The number of piperidine rings is 1. The van der Waals surface area contributed by atoms with Crippen LogP contribution in [0, 0.1) is 5.92 Å². The number of ketones is 1. The second-order valence-corrected chi connectivity index (χ2v) is 8.16. The second kappa shape index (κ2) is 7.94. The Labute approximate surface area is 172 Å². The van der Waals surface area contributed by atoms with Gasteiger partial charge < -0.3 is 20.9 Å². The third kappa shape index (κ3) is 3.90. The van der Waals surface area contributed by atoms with E-state index in [0.29, 0.717) is 31.7 Å². The zero-order valence-electron chi connectivity index (χ0n) is 16.7. The molecule has 162 valence electrons. The molecule has 0 aromatic heterocycles. The fourth-order valence-corrected chi connectivity index (χ4v) is 4.55. The lowest BCUT2D eigenvalue weighted by Gasteiger charge is -2.35. The van der Waals surface area contributed by atoms with Crippen LogP contribution in [-0.4, -0.2) is 43.4 Å². The molecule has 9 heteroatoms. The summed E-state index contributed by atoms with van der Waals surface area (Å²) in [7, 11) is 0. The highest BCUT2D eigenvalue weighted by Gasteiger charge is 2.39. The van der Waals surface area contributed by atoms with Gasteiger partial charge in [-0.15, -0.1) is 0 Å². The zero-order chi connectivity index (χ0) is 21.5.